The van der Waals surface area contributed by atoms with Crippen molar-refractivity contribution in [3.63, 3.8) is 0 Å². The molecule has 1 aliphatic carbocycles. The molecule has 2 fully saturated rings. The molecule has 4 rings (SSSR count). The smallest absolute Gasteiger partial charge is 0.344 e. The van der Waals surface area contributed by atoms with E-state index in [4.69, 9.17) is 4.74 Å². The van der Waals surface area contributed by atoms with Crippen molar-refractivity contribution in [3.05, 3.63) is 24.3 Å². The molecule has 2 atom stereocenters. The van der Waals surface area contributed by atoms with Crippen molar-refractivity contribution in [1.29, 1.82) is 0 Å². The molecule has 0 aromatic heterocycles. The molecule has 0 spiro atoms. The monoisotopic (exact) mass is 374 g/mol. The molecule has 0 bridgehead atoms. The number of benzene rings is 1. The van der Waals surface area contributed by atoms with Crippen LogP contribution in [0.15, 0.2) is 29.2 Å². The average Bonchev–Trinajstić information content (AvgIpc) is 3.31. The summed E-state index contributed by atoms with van der Waals surface area (Å²) < 4.78 is 5.52. The van der Waals surface area contributed by atoms with E-state index >= 15 is 0 Å². The van der Waals surface area contributed by atoms with E-state index in [0.29, 0.717) is 12.8 Å². The Morgan fingerprint density at radius 2 is 2.04 bits per heavy atom. The molecule has 1 saturated heterocycles. The van der Waals surface area contributed by atoms with Crippen LogP contribution >= 0.6 is 11.8 Å². The zero-order valence-corrected chi connectivity index (χ0v) is 15.5. The van der Waals surface area contributed by atoms with Gasteiger partial charge in [-0.25, -0.2) is 4.79 Å². The van der Waals surface area contributed by atoms with Gasteiger partial charge >= 0.3 is 5.97 Å². The van der Waals surface area contributed by atoms with Gasteiger partial charge in [-0.3, -0.25) is 14.5 Å². The number of anilines is 1. The van der Waals surface area contributed by atoms with Crippen LogP contribution in [0.1, 0.15) is 45.4 Å². The van der Waals surface area contributed by atoms with Gasteiger partial charge in [0.1, 0.15) is 0 Å². The van der Waals surface area contributed by atoms with Crippen LogP contribution in [0.3, 0.4) is 0 Å². The minimum absolute atomic E-state index is 0.0811. The topological polar surface area (TPSA) is 75.7 Å². The van der Waals surface area contributed by atoms with Gasteiger partial charge in [-0.1, -0.05) is 36.7 Å². The van der Waals surface area contributed by atoms with Crippen LogP contribution in [0.5, 0.6) is 0 Å². The van der Waals surface area contributed by atoms with E-state index in [1.165, 1.54) is 11.8 Å². The first kappa shape index (κ1) is 17.4. The predicted molar refractivity (Wildman–Crippen MR) is 97.7 cm³/mol. The highest BCUT2D eigenvalue weighted by molar-refractivity contribution is 8.02. The molecule has 1 saturated carbocycles. The van der Waals surface area contributed by atoms with Crippen LogP contribution in [-0.2, 0) is 19.1 Å². The lowest BCUT2D eigenvalue weighted by Gasteiger charge is -2.30. The Bertz CT molecular complexity index is 762. The number of rotatable bonds is 4. The summed E-state index contributed by atoms with van der Waals surface area (Å²) in [7, 11) is 0. The number of nitrogens with zero attached hydrogens (tertiary/aromatic N) is 1. The second-order valence-electron chi connectivity index (χ2n) is 7.12. The number of para-hydroxylation sites is 1. The molecule has 1 N–H and O–H groups in total. The molecule has 26 heavy (non-hydrogen) atoms. The molecule has 7 heteroatoms. The molecule has 6 nitrogen and oxygen atoms in total. The number of nitrogens with one attached hydrogen (secondary N) is 1. The summed E-state index contributed by atoms with van der Waals surface area (Å²) in [6, 6.07) is 7.66. The van der Waals surface area contributed by atoms with Gasteiger partial charge in [-0.15, -0.1) is 0 Å². The van der Waals surface area contributed by atoms with Crippen molar-refractivity contribution in [2.24, 2.45) is 0 Å². The number of hydrogen-bond acceptors (Lipinski definition) is 5. The van der Waals surface area contributed by atoms with Gasteiger partial charge in [0.15, 0.2) is 11.0 Å². The Kier molecular flexibility index (Phi) is 4.42. The maximum Gasteiger partial charge on any atom is 0.344 e. The average molecular weight is 374 g/mol. The van der Waals surface area contributed by atoms with Crippen molar-refractivity contribution < 1.29 is 19.1 Å². The Morgan fingerprint density at radius 1 is 1.31 bits per heavy atom. The summed E-state index contributed by atoms with van der Waals surface area (Å²) in [5.74, 6) is -0.862. The minimum atomic E-state index is -1.08. The Labute approximate surface area is 156 Å². The fraction of sp³-hybridized carbons (Fsp3) is 0.526. The van der Waals surface area contributed by atoms with Crippen molar-refractivity contribution in [2.75, 3.05) is 4.90 Å². The summed E-state index contributed by atoms with van der Waals surface area (Å²) >= 11 is 1.35. The van der Waals surface area contributed by atoms with E-state index in [1.807, 2.05) is 24.3 Å². The van der Waals surface area contributed by atoms with E-state index in [9.17, 15) is 14.4 Å². The third-order valence-electron chi connectivity index (χ3n) is 5.35. The summed E-state index contributed by atoms with van der Waals surface area (Å²) in [6.07, 6.45) is 4.01. The lowest BCUT2D eigenvalue weighted by Crippen LogP contribution is -2.50. The number of amides is 2. The second kappa shape index (κ2) is 6.61. The molecule has 3 aliphatic rings. The number of carbonyl (C=O) groups is 3. The Balaban J connectivity index is 1.49. The second-order valence-corrected chi connectivity index (χ2v) is 8.44. The Hall–Kier alpha value is -2.02. The number of esters is 1. The molecule has 1 aromatic rings. The number of fused-ring (bicyclic) bond motifs is 3. The fourth-order valence-corrected chi connectivity index (χ4v) is 5.37. The number of ether oxygens (including phenoxy) is 1. The largest absolute Gasteiger partial charge is 0.450 e. The van der Waals surface area contributed by atoms with Crippen molar-refractivity contribution in [3.8, 4) is 0 Å². The zero-order valence-electron chi connectivity index (χ0n) is 14.7. The summed E-state index contributed by atoms with van der Waals surface area (Å²) in [5, 5.41) is 2.95. The van der Waals surface area contributed by atoms with Gasteiger partial charge < -0.3 is 10.1 Å². The Morgan fingerprint density at radius 3 is 2.81 bits per heavy atom. The van der Waals surface area contributed by atoms with Gasteiger partial charge in [0.05, 0.1) is 5.69 Å². The molecular formula is C19H22N2O4S. The molecule has 0 radical (unpaired) electrons. The standard InChI is InChI=1S/C19H22N2O4S/c1-12(17(23)20-13-6-2-3-7-13)25-18(24)19-11-10-16(22)21(19)14-8-4-5-9-15(14)26-19/h4-5,8-9,12-13H,2-3,6-7,10-11H2,1H3,(H,20,23)/t12-,19-/m0/s1. The van der Waals surface area contributed by atoms with Crippen LogP contribution < -0.4 is 10.2 Å². The fourth-order valence-electron chi connectivity index (χ4n) is 3.97. The summed E-state index contributed by atoms with van der Waals surface area (Å²) in [5.41, 5.74) is 0.750. The van der Waals surface area contributed by atoms with Crippen molar-refractivity contribution in [1.82, 2.24) is 5.32 Å². The van der Waals surface area contributed by atoms with E-state index in [-0.39, 0.29) is 17.9 Å². The van der Waals surface area contributed by atoms with E-state index in [2.05, 4.69) is 5.32 Å². The number of carbonyl (C=O) groups excluding carboxylic acids is 3. The summed E-state index contributed by atoms with van der Waals surface area (Å²) in [6.45, 7) is 1.59. The van der Waals surface area contributed by atoms with E-state index in [0.717, 1.165) is 36.3 Å². The molecule has 2 heterocycles. The minimum Gasteiger partial charge on any atom is -0.450 e. The number of thioether (sulfide) groups is 1. The normalized spacial score (nSPS) is 25.7. The quantitative estimate of drug-likeness (QED) is 0.820. The SMILES string of the molecule is C[C@H](OC(=O)[C@@]12CCC(=O)N1c1ccccc1S2)C(=O)NC1CCCC1. The van der Waals surface area contributed by atoms with E-state index in [1.54, 1.807) is 11.8 Å². The molecule has 138 valence electrons. The maximum absolute atomic E-state index is 13.0. The van der Waals surface area contributed by atoms with Crippen LogP contribution in [0, 0.1) is 0 Å². The lowest BCUT2D eigenvalue weighted by atomic mass is 10.2. The summed E-state index contributed by atoms with van der Waals surface area (Å²) in [4.78, 5) is 39.1. The van der Waals surface area contributed by atoms with Gasteiger partial charge in [0, 0.05) is 23.8 Å². The maximum atomic E-state index is 13.0. The molecule has 1 aromatic carbocycles. The first-order valence-electron chi connectivity index (χ1n) is 9.14. The third-order valence-corrected chi connectivity index (χ3v) is 6.80. The van der Waals surface area contributed by atoms with Crippen LogP contribution in [-0.4, -0.2) is 34.8 Å². The van der Waals surface area contributed by atoms with Gasteiger partial charge in [0.25, 0.3) is 5.91 Å². The number of hydrogen-bond donors (Lipinski definition) is 1. The first-order chi connectivity index (χ1) is 12.5. The highest BCUT2D eigenvalue weighted by atomic mass is 32.2. The third kappa shape index (κ3) is 2.78. The molecular weight excluding hydrogens is 352 g/mol. The van der Waals surface area contributed by atoms with Gasteiger partial charge in [-0.2, -0.15) is 0 Å². The van der Waals surface area contributed by atoms with Gasteiger partial charge in [0.2, 0.25) is 5.91 Å². The van der Waals surface area contributed by atoms with Crippen LogP contribution in [0.2, 0.25) is 0 Å². The molecule has 0 unspecified atom stereocenters. The van der Waals surface area contributed by atoms with Crippen molar-refractivity contribution >= 4 is 35.2 Å². The highest BCUT2D eigenvalue weighted by Crippen LogP contribution is 2.56. The molecule has 2 amide bonds. The van der Waals surface area contributed by atoms with Gasteiger partial charge in [-0.05, 0) is 31.9 Å². The predicted octanol–water partition coefficient (Wildman–Crippen LogP) is 2.61. The van der Waals surface area contributed by atoms with Crippen molar-refractivity contribution in [2.45, 2.75) is 67.4 Å². The van der Waals surface area contributed by atoms with Crippen LogP contribution in [0.4, 0.5) is 5.69 Å². The van der Waals surface area contributed by atoms with E-state index < -0.39 is 16.9 Å². The highest BCUT2D eigenvalue weighted by Gasteiger charge is 2.58. The molecule has 2 aliphatic heterocycles. The lowest BCUT2D eigenvalue weighted by molar-refractivity contribution is -0.157. The first-order valence-corrected chi connectivity index (χ1v) is 9.95. The zero-order chi connectivity index (χ0) is 18.3. The van der Waals surface area contributed by atoms with Crippen LogP contribution in [0.25, 0.3) is 0 Å².